The number of hydrogen-bond donors (Lipinski definition) is 0. The molecule has 0 aromatic carbocycles. The van der Waals surface area contributed by atoms with Crippen LogP contribution in [0.1, 0.15) is 36.2 Å². The van der Waals surface area contributed by atoms with Gasteiger partial charge < -0.3 is 4.52 Å². The van der Waals surface area contributed by atoms with Gasteiger partial charge in [0.25, 0.3) is 5.56 Å². The van der Waals surface area contributed by atoms with E-state index in [1.165, 1.54) is 10.9 Å². The molecule has 6 nitrogen and oxygen atoms in total. The van der Waals surface area contributed by atoms with Gasteiger partial charge in [-0.3, -0.25) is 9.36 Å². The minimum absolute atomic E-state index is 0.0686. The first-order valence-corrected chi connectivity index (χ1v) is 6.77. The van der Waals surface area contributed by atoms with Crippen LogP contribution in [0.25, 0.3) is 0 Å². The van der Waals surface area contributed by atoms with E-state index >= 15 is 0 Å². The van der Waals surface area contributed by atoms with Crippen molar-refractivity contribution in [2.24, 2.45) is 0 Å². The number of aryl methyl sites for hydroxylation is 1. The molecular formula is C11H11IN4O2. The zero-order chi connectivity index (χ0) is 12.7. The Balaban J connectivity index is 1.87. The highest BCUT2D eigenvalue weighted by Gasteiger charge is 2.29. The molecule has 1 aliphatic rings. The van der Waals surface area contributed by atoms with E-state index in [2.05, 4.69) is 15.1 Å². The largest absolute Gasteiger partial charge is 0.339 e. The predicted molar refractivity (Wildman–Crippen MR) is 71.3 cm³/mol. The second kappa shape index (κ2) is 4.45. The quantitative estimate of drug-likeness (QED) is 0.777. The lowest BCUT2D eigenvalue weighted by atomic mass is 10.4. The molecule has 1 fully saturated rings. The summed E-state index contributed by atoms with van der Waals surface area (Å²) in [6, 6.07) is 0. The van der Waals surface area contributed by atoms with Gasteiger partial charge in [-0.15, -0.1) is 0 Å². The molecule has 1 saturated carbocycles. The molecule has 2 heterocycles. The Labute approximate surface area is 117 Å². The molecule has 0 atom stereocenters. The van der Waals surface area contributed by atoms with Crippen molar-refractivity contribution in [3.8, 4) is 0 Å². The van der Waals surface area contributed by atoms with Crippen LogP contribution in [0.5, 0.6) is 0 Å². The molecule has 0 bridgehead atoms. The van der Waals surface area contributed by atoms with Crippen molar-refractivity contribution in [2.45, 2.75) is 32.2 Å². The lowest BCUT2D eigenvalue weighted by Gasteiger charge is -2.03. The maximum Gasteiger partial charge on any atom is 0.267 e. The molecule has 2 aromatic rings. The average molecular weight is 358 g/mol. The van der Waals surface area contributed by atoms with E-state index in [1.807, 2.05) is 29.5 Å². The summed E-state index contributed by atoms with van der Waals surface area (Å²) in [4.78, 5) is 20.4. The summed E-state index contributed by atoms with van der Waals surface area (Å²) in [5.41, 5.74) is 0.671. The van der Waals surface area contributed by atoms with Gasteiger partial charge in [-0.25, -0.2) is 4.98 Å². The fraction of sp³-hybridized carbons (Fsp3) is 0.455. The highest BCUT2D eigenvalue weighted by molar-refractivity contribution is 14.1. The Hall–Kier alpha value is -1.25. The first-order chi connectivity index (χ1) is 8.65. The van der Waals surface area contributed by atoms with Gasteiger partial charge in [0.2, 0.25) is 5.89 Å². The summed E-state index contributed by atoms with van der Waals surface area (Å²) in [6.07, 6.45) is 3.75. The predicted octanol–water partition coefficient (Wildman–Crippen LogP) is 1.47. The van der Waals surface area contributed by atoms with Crippen LogP contribution in [-0.2, 0) is 6.54 Å². The lowest BCUT2D eigenvalue weighted by molar-refractivity contribution is 0.372. The molecule has 0 unspecified atom stereocenters. The molecule has 1 aliphatic carbocycles. The Morgan fingerprint density at radius 3 is 3.06 bits per heavy atom. The lowest BCUT2D eigenvalue weighted by Crippen LogP contribution is -2.25. The van der Waals surface area contributed by atoms with Gasteiger partial charge in [0.1, 0.15) is 0 Å². The number of aromatic nitrogens is 4. The van der Waals surface area contributed by atoms with E-state index in [4.69, 9.17) is 4.52 Å². The van der Waals surface area contributed by atoms with Crippen LogP contribution in [0.2, 0.25) is 0 Å². The van der Waals surface area contributed by atoms with Gasteiger partial charge in [-0.05, 0) is 42.4 Å². The molecule has 0 spiro atoms. The number of hydrogen-bond acceptors (Lipinski definition) is 5. The summed E-state index contributed by atoms with van der Waals surface area (Å²) < 4.78 is 7.28. The summed E-state index contributed by atoms with van der Waals surface area (Å²) in [7, 11) is 0. The molecular weight excluding hydrogens is 347 g/mol. The third kappa shape index (κ3) is 2.18. The maximum atomic E-state index is 12.0. The molecule has 0 N–H and O–H groups in total. The van der Waals surface area contributed by atoms with Crippen molar-refractivity contribution in [3.63, 3.8) is 0 Å². The van der Waals surface area contributed by atoms with Crippen molar-refractivity contribution in [3.05, 3.63) is 37.7 Å². The van der Waals surface area contributed by atoms with Crippen LogP contribution < -0.4 is 5.56 Å². The molecule has 0 aliphatic heterocycles. The first-order valence-electron chi connectivity index (χ1n) is 5.69. The van der Waals surface area contributed by atoms with E-state index in [-0.39, 0.29) is 5.56 Å². The fourth-order valence-electron chi connectivity index (χ4n) is 1.64. The van der Waals surface area contributed by atoms with Crippen LogP contribution in [-0.4, -0.2) is 19.7 Å². The van der Waals surface area contributed by atoms with E-state index in [9.17, 15) is 4.79 Å². The highest BCUT2D eigenvalue weighted by atomic mass is 127. The zero-order valence-corrected chi connectivity index (χ0v) is 11.9. The molecule has 7 heteroatoms. The minimum atomic E-state index is -0.0686. The minimum Gasteiger partial charge on any atom is -0.339 e. The topological polar surface area (TPSA) is 73.8 Å². The smallest absolute Gasteiger partial charge is 0.267 e. The molecule has 2 aromatic heterocycles. The van der Waals surface area contributed by atoms with Gasteiger partial charge in [0.05, 0.1) is 22.1 Å². The second-order valence-corrected chi connectivity index (χ2v) is 5.48. The third-order valence-electron chi connectivity index (χ3n) is 2.88. The fourth-order valence-corrected chi connectivity index (χ4v) is 2.09. The van der Waals surface area contributed by atoms with Gasteiger partial charge in [-0.1, -0.05) is 5.16 Å². The average Bonchev–Trinajstić information content (AvgIpc) is 3.11. The van der Waals surface area contributed by atoms with Crippen LogP contribution >= 0.6 is 22.6 Å². The van der Waals surface area contributed by atoms with Crippen LogP contribution in [0.4, 0.5) is 0 Å². The number of rotatable bonds is 3. The molecule has 94 valence electrons. The van der Waals surface area contributed by atoms with Crippen LogP contribution in [0, 0.1) is 10.5 Å². The Kier molecular flexibility index (Phi) is 2.92. The van der Waals surface area contributed by atoms with E-state index < -0.39 is 0 Å². The molecule has 0 saturated heterocycles. The summed E-state index contributed by atoms with van der Waals surface area (Å²) >= 11 is 2.00. The Morgan fingerprint density at radius 1 is 1.56 bits per heavy atom. The monoisotopic (exact) mass is 358 g/mol. The van der Waals surface area contributed by atoms with Crippen molar-refractivity contribution in [2.75, 3.05) is 0 Å². The Bertz CT molecular complexity index is 645. The molecule has 0 amide bonds. The normalized spacial score (nSPS) is 15.0. The van der Waals surface area contributed by atoms with Crippen molar-refractivity contribution in [1.82, 2.24) is 19.7 Å². The van der Waals surface area contributed by atoms with E-state index in [0.29, 0.717) is 27.7 Å². The SMILES string of the molecule is Cc1ncn(Cc2noc(C3CC3)n2)c(=O)c1I. The zero-order valence-electron chi connectivity index (χ0n) is 9.76. The Morgan fingerprint density at radius 2 is 2.33 bits per heavy atom. The standard InChI is InChI=1S/C11H11IN4O2/c1-6-9(12)11(17)16(5-13-6)4-8-14-10(18-15-8)7-2-3-7/h5,7H,2-4H2,1H3. The third-order valence-corrected chi connectivity index (χ3v) is 4.12. The second-order valence-electron chi connectivity index (χ2n) is 4.40. The molecule has 18 heavy (non-hydrogen) atoms. The molecule has 3 rings (SSSR count). The van der Waals surface area contributed by atoms with E-state index in [0.717, 1.165) is 18.5 Å². The first kappa shape index (κ1) is 11.8. The summed E-state index contributed by atoms with van der Waals surface area (Å²) in [5.74, 6) is 1.65. The van der Waals surface area contributed by atoms with Gasteiger partial charge in [0.15, 0.2) is 5.82 Å². The van der Waals surface area contributed by atoms with Crippen LogP contribution in [0.15, 0.2) is 15.6 Å². The van der Waals surface area contributed by atoms with Crippen molar-refractivity contribution < 1.29 is 4.52 Å². The van der Waals surface area contributed by atoms with Crippen LogP contribution in [0.3, 0.4) is 0 Å². The van der Waals surface area contributed by atoms with Gasteiger partial charge in [-0.2, -0.15) is 4.98 Å². The maximum absolute atomic E-state index is 12.0. The molecule has 0 radical (unpaired) electrons. The highest BCUT2D eigenvalue weighted by Crippen LogP contribution is 2.38. The van der Waals surface area contributed by atoms with Crippen molar-refractivity contribution >= 4 is 22.6 Å². The van der Waals surface area contributed by atoms with E-state index in [1.54, 1.807) is 0 Å². The number of nitrogens with zero attached hydrogens (tertiary/aromatic N) is 4. The van der Waals surface area contributed by atoms with Gasteiger partial charge in [0, 0.05) is 5.92 Å². The summed E-state index contributed by atoms with van der Waals surface area (Å²) in [6.45, 7) is 2.12. The number of halogens is 1. The van der Waals surface area contributed by atoms with Gasteiger partial charge >= 0.3 is 0 Å². The summed E-state index contributed by atoms with van der Waals surface area (Å²) in [5, 5.41) is 3.89. The van der Waals surface area contributed by atoms with Crippen molar-refractivity contribution in [1.29, 1.82) is 0 Å².